The molecule has 4 aromatic rings. The van der Waals surface area contributed by atoms with Gasteiger partial charge in [-0.1, -0.05) is 47.5 Å². The molecule has 0 saturated carbocycles. The molecule has 4 aromatic heterocycles. The molecule has 0 fully saturated rings. The monoisotopic (exact) mass is 623 g/mol. The van der Waals surface area contributed by atoms with Gasteiger partial charge in [0.1, 0.15) is 23.8 Å². The summed E-state index contributed by atoms with van der Waals surface area (Å²) in [5.41, 5.74) is -5.38. The van der Waals surface area contributed by atoms with Crippen molar-refractivity contribution in [1.82, 2.24) is 19.9 Å². The van der Waals surface area contributed by atoms with Crippen LogP contribution in [0.2, 0.25) is 0 Å². The number of aromatic nitrogens is 4. The maximum Gasteiger partial charge on any atom is 2.00 e. The summed E-state index contributed by atoms with van der Waals surface area (Å²) in [5, 5.41) is 0. The van der Waals surface area contributed by atoms with Crippen molar-refractivity contribution in [1.29, 1.82) is 0 Å². The molecule has 0 saturated heterocycles. The van der Waals surface area contributed by atoms with Gasteiger partial charge < -0.3 is 9.97 Å². The second kappa shape index (κ2) is 9.25. The fourth-order valence-corrected chi connectivity index (χ4v) is 2.80. The average molecular weight is 623 g/mol. The Morgan fingerprint density at radius 1 is 0.719 bits per heavy atom. The molecule has 0 spiro atoms. The minimum absolute atomic E-state index is 0. The minimum atomic E-state index is -3.33. The molecule has 0 amide bonds. The number of pyridine rings is 4. The van der Waals surface area contributed by atoms with Gasteiger partial charge in [0.05, 0.1) is 0 Å². The van der Waals surface area contributed by atoms with E-state index < -0.39 is 65.4 Å². The summed E-state index contributed by atoms with van der Waals surface area (Å²) in [7, 11) is 0. The summed E-state index contributed by atoms with van der Waals surface area (Å²) in [6.45, 7) is -6.66. The molecule has 0 aliphatic rings. The van der Waals surface area contributed by atoms with Crippen LogP contribution < -0.4 is 0 Å². The zero-order chi connectivity index (χ0) is 27.2. The molecule has 0 aromatic carbocycles. The van der Waals surface area contributed by atoms with E-state index in [1.807, 2.05) is 0 Å². The Balaban J connectivity index is 0.00000400. The van der Waals surface area contributed by atoms with Gasteiger partial charge >= 0.3 is 21.1 Å². The van der Waals surface area contributed by atoms with Crippen molar-refractivity contribution in [2.45, 2.75) is 19.1 Å². The van der Waals surface area contributed by atoms with Crippen LogP contribution >= 0.6 is 0 Å². The first-order valence-corrected chi connectivity index (χ1v) is 8.69. The van der Waals surface area contributed by atoms with Gasteiger partial charge in [-0.15, -0.1) is 12.1 Å². The second-order valence-corrected chi connectivity index (χ2v) is 6.34. The summed E-state index contributed by atoms with van der Waals surface area (Å²) >= 11 is 0. The summed E-state index contributed by atoms with van der Waals surface area (Å²) in [6, 6.07) is 13.2. The van der Waals surface area contributed by atoms with E-state index in [0.717, 1.165) is 24.3 Å². The molecular weight excluding hydrogens is 603 g/mol. The maximum absolute atomic E-state index is 14.3. The summed E-state index contributed by atoms with van der Waals surface area (Å²) in [5.74, 6) is -4.91. The Hall–Kier alpha value is -2.99. The smallest absolute Gasteiger partial charge is 0.300 e. The van der Waals surface area contributed by atoms with Crippen LogP contribution in [0.25, 0.3) is 22.5 Å². The van der Waals surface area contributed by atoms with Crippen LogP contribution in [0.4, 0.5) is 17.6 Å². The van der Waals surface area contributed by atoms with E-state index in [2.05, 4.69) is 32.1 Å². The first kappa shape index (κ1) is 16.6. The standard InChI is InChI=1S/C23H14F4N4.Pt/c1-23(2,17-7-3-5-15(28-17)13-9-11-19(24)30-21(13)26)18-8-4-6-16(29-18)14-10-12-20(25)31-22(14)27;/h3-8,11-12H,1-2H3;/q-2;+2/i1D3,2D3;. The van der Waals surface area contributed by atoms with Crippen LogP contribution in [0.3, 0.4) is 0 Å². The normalized spacial score (nSPS) is 14.8. The van der Waals surface area contributed by atoms with Crippen LogP contribution in [0.1, 0.15) is 33.3 Å². The number of hydrogen-bond acceptors (Lipinski definition) is 4. The third-order valence-electron chi connectivity index (χ3n) is 4.27. The fourth-order valence-electron chi connectivity index (χ4n) is 2.80. The van der Waals surface area contributed by atoms with E-state index in [0.29, 0.717) is 0 Å². The zero-order valence-electron chi connectivity index (χ0n) is 21.7. The molecule has 0 aliphatic heterocycles. The van der Waals surface area contributed by atoms with Crippen molar-refractivity contribution >= 4 is 0 Å². The average Bonchev–Trinajstić information content (AvgIpc) is 2.78. The Labute approximate surface area is 204 Å². The molecule has 9 heteroatoms. The molecule has 0 radical (unpaired) electrons. The molecule has 4 rings (SSSR count). The van der Waals surface area contributed by atoms with Crippen molar-refractivity contribution in [3.8, 4) is 22.5 Å². The molecule has 0 bridgehead atoms. The van der Waals surface area contributed by atoms with E-state index in [4.69, 9.17) is 8.22 Å². The molecular formula is C23H14F4N4Pt. The maximum atomic E-state index is 14.3. The first-order chi connectivity index (χ1) is 17.3. The molecule has 4 heterocycles. The molecule has 0 unspecified atom stereocenters. The number of hydrogen-bond donors (Lipinski definition) is 0. The van der Waals surface area contributed by atoms with Crippen LogP contribution in [-0.4, -0.2) is 19.9 Å². The third kappa shape index (κ3) is 4.60. The van der Waals surface area contributed by atoms with Crippen molar-refractivity contribution in [2.24, 2.45) is 0 Å². The van der Waals surface area contributed by atoms with Crippen LogP contribution in [0, 0.1) is 35.9 Å². The predicted molar refractivity (Wildman–Crippen MR) is 105 cm³/mol. The van der Waals surface area contributed by atoms with E-state index in [9.17, 15) is 17.6 Å². The Bertz CT molecular complexity index is 1370. The van der Waals surface area contributed by atoms with Gasteiger partial charge in [0, 0.05) is 25.0 Å². The largest absolute Gasteiger partial charge is 2.00 e. The number of rotatable bonds is 4. The van der Waals surface area contributed by atoms with Crippen LogP contribution in [-0.2, 0) is 26.5 Å². The van der Waals surface area contributed by atoms with Gasteiger partial charge in [-0.25, -0.2) is 17.6 Å². The zero-order valence-corrected chi connectivity index (χ0v) is 18.0. The molecule has 4 nitrogen and oxygen atoms in total. The summed E-state index contributed by atoms with van der Waals surface area (Å²) < 4.78 is 105. The van der Waals surface area contributed by atoms with Crippen molar-refractivity contribution in [3.63, 3.8) is 0 Å². The SMILES string of the molecule is [2H]C([2H])([2H])C(c1cccc(-c2[c-]cc(F)nc2F)n1)(c1cccc(-c2[c-]cc(F)nc2F)n1)C([2H])([2H])[2H].[Pt+2]. The quantitative estimate of drug-likeness (QED) is 0.181. The third-order valence-corrected chi connectivity index (χ3v) is 4.27. The predicted octanol–water partition coefficient (Wildman–Crippen LogP) is 5.08. The van der Waals surface area contributed by atoms with Gasteiger partial charge in [-0.3, -0.25) is 9.97 Å². The van der Waals surface area contributed by atoms with Crippen molar-refractivity contribution in [3.05, 3.63) is 95.8 Å². The molecule has 0 atom stereocenters. The fraction of sp³-hybridized carbons (Fsp3) is 0.130. The van der Waals surface area contributed by atoms with Gasteiger partial charge in [-0.2, -0.15) is 0 Å². The topological polar surface area (TPSA) is 51.6 Å². The first-order valence-electron chi connectivity index (χ1n) is 11.7. The van der Waals surface area contributed by atoms with Crippen molar-refractivity contribution in [2.75, 3.05) is 0 Å². The Kier molecular flexibility index (Phi) is 4.80. The summed E-state index contributed by atoms with van der Waals surface area (Å²) in [4.78, 5) is 14.3. The summed E-state index contributed by atoms with van der Waals surface area (Å²) in [6.07, 6.45) is 0. The van der Waals surface area contributed by atoms with E-state index >= 15 is 0 Å². The Morgan fingerprint density at radius 2 is 1.16 bits per heavy atom. The Morgan fingerprint density at radius 3 is 1.53 bits per heavy atom. The van der Waals surface area contributed by atoms with Gasteiger partial charge in [0.15, 0.2) is 0 Å². The van der Waals surface area contributed by atoms with Crippen LogP contribution in [0.15, 0.2) is 48.5 Å². The van der Waals surface area contributed by atoms with Gasteiger partial charge in [-0.05, 0) is 37.2 Å². The van der Waals surface area contributed by atoms with Gasteiger partial charge in [0.2, 0.25) is 0 Å². The molecule has 32 heavy (non-hydrogen) atoms. The molecule has 0 N–H and O–H groups in total. The second-order valence-electron chi connectivity index (χ2n) is 6.34. The van der Waals surface area contributed by atoms with Crippen LogP contribution in [0.5, 0.6) is 0 Å². The van der Waals surface area contributed by atoms with E-state index in [1.54, 1.807) is 0 Å². The van der Waals surface area contributed by atoms with E-state index in [-0.39, 0.29) is 32.5 Å². The number of halogens is 4. The number of nitrogens with zero attached hydrogens (tertiary/aromatic N) is 4. The van der Waals surface area contributed by atoms with Gasteiger partial charge in [0.25, 0.3) is 0 Å². The molecule has 164 valence electrons. The minimum Gasteiger partial charge on any atom is -0.300 e. The van der Waals surface area contributed by atoms with Crippen molar-refractivity contribution < 1.29 is 46.9 Å². The van der Waals surface area contributed by atoms with E-state index in [1.165, 1.54) is 24.3 Å². The molecule has 0 aliphatic carbocycles.